The van der Waals surface area contributed by atoms with Gasteiger partial charge in [-0.3, -0.25) is 0 Å². The van der Waals surface area contributed by atoms with Gasteiger partial charge in [0.15, 0.2) is 5.82 Å². The largest absolute Gasteiger partial charge is 0.480 e. The molecule has 0 spiro atoms. The molecule has 0 amide bonds. The molecule has 6 nitrogen and oxygen atoms in total. The lowest BCUT2D eigenvalue weighted by molar-refractivity contribution is -0.137. The summed E-state index contributed by atoms with van der Waals surface area (Å²) < 4.78 is 1.68. The number of aliphatic carboxylic acids is 1. The lowest BCUT2D eigenvalue weighted by Crippen LogP contribution is -2.28. The lowest BCUT2D eigenvalue weighted by atomic mass is 10.2. The Bertz CT molecular complexity index is 549. The second-order valence-electron chi connectivity index (χ2n) is 3.83. The molecule has 2 aromatic rings. The second kappa shape index (κ2) is 4.40. The van der Waals surface area contributed by atoms with Gasteiger partial charge in [0.1, 0.15) is 11.6 Å². The number of fused-ring (bicyclic) bond motifs is 1. The zero-order valence-electron chi connectivity index (χ0n) is 9.71. The van der Waals surface area contributed by atoms with E-state index in [1.54, 1.807) is 16.9 Å². The molecule has 0 aliphatic heterocycles. The molecule has 2 aromatic heterocycles. The van der Waals surface area contributed by atoms with Gasteiger partial charge in [-0.1, -0.05) is 6.92 Å². The number of carboxylic acids is 1. The Morgan fingerprint density at radius 2 is 2.41 bits per heavy atom. The molecule has 6 heteroatoms. The molecule has 2 rings (SSSR count). The number of aromatic nitrogens is 3. The first-order chi connectivity index (χ1) is 8.11. The van der Waals surface area contributed by atoms with Gasteiger partial charge in [0.05, 0.1) is 5.69 Å². The summed E-state index contributed by atoms with van der Waals surface area (Å²) in [5, 5.41) is 16.2. The van der Waals surface area contributed by atoms with E-state index in [1.165, 1.54) is 0 Å². The number of carboxylic acid groups (broad SMARTS) is 1. The van der Waals surface area contributed by atoms with Crippen molar-refractivity contribution < 1.29 is 9.90 Å². The van der Waals surface area contributed by atoms with Crippen molar-refractivity contribution in [1.82, 2.24) is 14.6 Å². The Hall–Kier alpha value is -2.11. The van der Waals surface area contributed by atoms with Crippen LogP contribution >= 0.6 is 0 Å². The molecule has 0 bridgehead atoms. The standard InChI is InChI=1S/C11H14N4O2/c1-3-8(11(16)17)13-10-9-6-7(2)14-15(9)5-4-12-10/h4-6,8H,3H2,1-2H3,(H,12,13)(H,16,17). The molecular weight excluding hydrogens is 220 g/mol. The monoisotopic (exact) mass is 234 g/mol. The van der Waals surface area contributed by atoms with Crippen LogP contribution in [0.4, 0.5) is 5.82 Å². The zero-order chi connectivity index (χ0) is 12.4. The van der Waals surface area contributed by atoms with Gasteiger partial charge in [-0.25, -0.2) is 14.3 Å². The molecule has 0 aliphatic rings. The summed E-state index contributed by atoms with van der Waals surface area (Å²) in [7, 11) is 0. The summed E-state index contributed by atoms with van der Waals surface area (Å²) in [5.74, 6) is -0.338. The van der Waals surface area contributed by atoms with Gasteiger partial charge in [0, 0.05) is 12.4 Å². The van der Waals surface area contributed by atoms with Crippen LogP contribution in [0.5, 0.6) is 0 Å². The van der Waals surface area contributed by atoms with E-state index in [0.717, 1.165) is 11.2 Å². The number of rotatable bonds is 4. The van der Waals surface area contributed by atoms with Crippen molar-refractivity contribution in [2.24, 2.45) is 0 Å². The molecule has 1 unspecified atom stereocenters. The van der Waals surface area contributed by atoms with Crippen LogP contribution in [0.25, 0.3) is 5.52 Å². The molecule has 0 saturated heterocycles. The van der Waals surface area contributed by atoms with E-state index in [9.17, 15) is 4.79 Å². The van der Waals surface area contributed by atoms with Gasteiger partial charge in [-0.15, -0.1) is 0 Å². The maximum Gasteiger partial charge on any atom is 0.326 e. The van der Waals surface area contributed by atoms with Crippen molar-refractivity contribution in [2.75, 3.05) is 5.32 Å². The molecule has 0 saturated carbocycles. The van der Waals surface area contributed by atoms with Crippen LogP contribution in [0.2, 0.25) is 0 Å². The van der Waals surface area contributed by atoms with Crippen LogP contribution in [-0.4, -0.2) is 31.7 Å². The van der Waals surface area contributed by atoms with E-state index < -0.39 is 12.0 Å². The summed E-state index contributed by atoms with van der Waals surface area (Å²) in [6.45, 7) is 3.69. The number of anilines is 1. The van der Waals surface area contributed by atoms with Crippen molar-refractivity contribution in [3.8, 4) is 0 Å². The normalized spacial score (nSPS) is 12.6. The third kappa shape index (κ3) is 2.20. The lowest BCUT2D eigenvalue weighted by Gasteiger charge is -2.13. The molecule has 1 atom stereocenters. The van der Waals surface area contributed by atoms with E-state index in [0.29, 0.717) is 12.2 Å². The van der Waals surface area contributed by atoms with Gasteiger partial charge in [0.25, 0.3) is 0 Å². The van der Waals surface area contributed by atoms with Gasteiger partial charge in [-0.2, -0.15) is 5.10 Å². The summed E-state index contributed by atoms with van der Waals surface area (Å²) in [4.78, 5) is 15.1. The summed E-state index contributed by atoms with van der Waals surface area (Å²) in [6.07, 6.45) is 3.82. The van der Waals surface area contributed by atoms with Crippen LogP contribution in [0.15, 0.2) is 18.5 Å². The number of carbonyl (C=O) groups is 1. The molecule has 2 heterocycles. The number of hydrogen-bond donors (Lipinski definition) is 2. The number of nitrogens with zero attached hydrogens (tertiary/aromatic N) is 3. The minimum atomic E-state index is -0.882. The molecule has 2 N–H and O–H groups in total. The van der Waals surface area contributed by atoms with E-state index in [4.69, 9.17) is 5.11 Å². The molecule has 90 valence electrons. The van der Waals surface area contributed by atoms with Crippen molar-refractivity contribution >= 4 is 17.3 Å². The highest BCUT2D eigenvalue weighted by molar-refractivity contribution is 5.79. The minimum absolute atomic E-state index is 0.491. The first-order valence-corrected chi connectivity index (χ1v) is 5.42. The minimum Gasteiger partial charge on any atom is -0.480 e. The second-order valence-corrected chi connectivity index (χ2v) is 3.83. The summed E-state index contributed by atoms with van der Waals surface area (Å²) >= 11 is 0. The molecule has 0 aliphatic carbocycles. The van der Waals surface area contributed by atoms with Crippen molar-refractivity contribution in [1.29, 1.82) is 0 Å². The van der Waals surface area contributed by atoms with E-state index in [1.807, 2.05) is 19.9 Å². The average molecular weight is 234 g/mol. The Balaban J connectivity index is 2.38. The van der Waals surface area contributed by atoms with E-state index in [-0.39, 0.29) is 0 Å². The topological polar surface area (TPSA) is 79.5 Å². The molecule has 0 fully saturated rings. The van der Waals surface area contributed by atoms with Gasteiger partial charge in [-0.05, 0) is 19.4 Å². The fourth-order valence-corrected chi connectivity index (χ4v) is 1.66. The van der Waals surface area contributed by atoms with Crippen molar-refractivity contribution in [2.45, 2.75) is 26.3 Å². The SMILES string of the molecule is CCC(Nc1nccn2nc(C)cc12)C(=O)O. The third-order valence-electron chi connectivity index (χ3n) is 2.53. The summed E-state index contributed by atoms with van der Waals surface area (Å²) in [5.41, 5.74) is 1.65. The van der Waals surface area contributed by atoms with Crippen LogP contribution < -0.4 is 5.32 Å². The van der Waals surface area contributed by atoms with Gasteiger partial charge >= 0.3 is 5.97 Å². The average Bonchev–Trinajstić information content (AvgIpc) is 2.66. The Labute approximate surface area is 98.3 Å². The van der Waals surface area contributed by atoms with Crippen LogP contribution in [0, 0.1) is 6.92 Å². The van der Waals surface area contributed by atoms with E-state index >= 15 is 0 Å². The quantitative estimate of drug-likeness (QED) is 0.833. The highest BCUT2D eigenvalue weighted by Gasteiger charge is 2.16. The number of nitrogens with one attached hydrogen (secondary N) is 1. The first-order valence-electron chi connectivity index (χ1n) is 5.42. The molecule has 0 aromatic carbocycles. The van der Waals surface area contributed by atoms with Crippen molar-refractivity contribution in [3.05, 3.63) is 24.2 Å². The first kappa shape index (κ1) is 11.4. The van der Waals surface area contributed by atoms with Crippen LogP contribution in [0.3, 0.4) is 0 Å². The predicted octanol–water partition coefficient (Wildman–Crippen LogP) is 1.31. The molecular formula is C11H14N4O2. The maximum absolute atomic E-state index is 11.0. The number of aryl methyl sites for hydroxylation is 1. The summed E-state index contributed by atoms with van der Waals surface area (Å²) in [6, 6.07) is 1.23. The fourth-order valence-electron chi connectivity index (χ4n) is 1.66. The van der Waals surface area contributed by atoms with Crippen LogP contribution in [-0.2, 0) is 4.79 Å². The number of hydrogen-bond acceptors (Lipinski definition) is 4. The molecule has 0 radical (unpaired) electrons. The van der Waals surface area contributed by atoms with Gasteiger partial charge in [0.2, 0.25) is 0 Å². The van der Waals surface area contributed by atoms with E-state index in [2.05, 4.69) is 15.4 Å². The smallest absolute Gasteiger partial charge is 0.326 e. The Kier molecular flexibility index (Phi) is 2.95. The maximum atomic E-state index is 11.0. The Morgan fingerprint density at radius 1 is 1.65 bits per heavy atom. The fraction of sp³-hybridized carbons (Fsp3) is 0.364. The third-order valence-corrected chi connectivity index (χ3v) is 2.53. The zero-order valence-corrected chi connectivity index (χ0v) is 9.71. The van der Waals surface area contributed by atoms with Crippen LogP contribution in [0.1, 0.15) is 19.0 Å². The highest BCUT2D eigenvalue weighted by Crippen LogP contribution is 2.16. The predicted molar refractivity (Wildman–Crippen MR) is 63.1 cm³/mol. The van der Waals surface area contributed by atoms with Crippen molar-refractivity contribution in [3.63, 3.8) is 0 Å². The Morgan fingerprint density at radius 3 is 3.06 bits per heavy atom. The molecule has 17 heavy (non-hydrogen) atoms. The van der Waals surface area contributed by atoms with Gasteiger partial charge < -0.3 is 10.4 Å². The highest BCUT2D eigenvalue weighted by atomic mass is 16.4.